The maximum absolute atomic E-state index is 13.1. The van der Waals surface area contributed by atoms with Crippen LogP contribution in [0.4, 0.5) is 5.69 Å². The highest BCUT2D eigenvalue weighted by molar-refractivity contribution is 5.92. The molecule has 8 nitrogen and oxygen atoms in total. The molecule has 0 aliphatic carbocycles. The summed E-state index contributed by atoms with van der Waals surface area (Å²) in [5.74, 6) is -1.76. The van der Waals surface area contributed by atoms with Crippen LogP contribution < -0.4 is 15.0 Å². The molecule has 2 aromatic carbocycles. The van der Waals surface area contributed by atoms with Crippen molar-refractivity contribution < 1.29 is 29.0 Å². The van der Waals surface area contributed by atoms with Crippen molar-refractivity contribution in [1.29, 1.82) is 0 Å². The van der Waals surface area contributed by atoms with Crippen molar-refractivity contribution in [3.63, 3.8) is 0 Å². The first-order valence-electron chi connectivity index (χ1n) is 12.2. The lowest BCUT2D eigenvalue weighted by atomic mass is 10.0. The number of carboxylic acids is 1. The van der Waals surface area contributed by atoms with Gasteiger partial charge in [0, 0.05) is 24.3 Å². The minimum Gasteiger partial charge on any atom is -0.493 e. The third kappa shape index (κ3) is 6.97. The zero-order chi connectivity index (χ0) is 25.2. The number of ether oxygens (including phenoxy) is 2. The maximum Gasteiger partial charge on any atom is 0.339 e. The molecule has 2 aromatic rings. The Labute approximate surface area is 206 Å². The molecule has 0 spiro atoms. The fourth-order valence-corrected chi connectivity index (χ4v) is 4.23. The van der Waals surface area contributed by atoms with Gasteiger partial charge in [-0.05, 0) is 56.4 Å². The van der Waals surface area contributed by atoms with E-state index in [0.29, 0.717) is 24.2 Å². The Balaban J connectivity index is 1.84. The van der Waals surface area contributed by atoms with Gasteiger partial charge in [0.1, 0.15) is 11.3 Å². The number of para-hydroxylation sites is 1. The van der Waals surface area contributed by atoms with Gasteiger partial charge in [0.25, 0.3) is 0 Å². The van der Waals surface area contributed by atoms with Gasteiger partial charge in [-0.3, -0.25) is 4.79 Å². The largest absolute Gasteiger partial charge is 0.493 e. The van der Waals surface area contributed by atoms with Crippen LogP contribution in [0.5, 0.6) is 5.75 Å². The summed E-state index contributed by atoms with van der Waals surface area (Å²) in [5.41, 5.74) is 2.25. The van der Waals surface area contributed by atoms with Crippen LogP contribution in [0.15, 0.2) is 42.5 Å². The van der Waals surface area contributed by atoms with Crippen molar-refractivity contribution in [2.45, 2.75) is 52.0 Å². The van der Waals surface area contributed by atoms with Crippen LogP contribution in [0.1, 0.15) is 67.1 Å². The average Bonchev–Trinajstić information content (AvgIpc) is 2.86. The molecular formula is C27H34N2O6. The quantitative estimate of drug-likeness (QED) is 0.464. The summed E-state index contributed by atoms with van der Waals surface area (Å²) in [6, 6.07) is 11.2. The van der Waals surface area contributed by atoms with Crippen LogP contribution >= 0.6 is 0 Å². The molecule has 35 heavy (non-hydrogen) atoms. The van der Waals surface area contributed by atoms with Gasteiger partial charge >= 0.3 is 11.9 Å². The van der Waals surface area contributed by atoms with Crippen molar-refractivity contribution >= 4 is 23.5 Å². The zero-order valence-electron chi connectivity index (χ0n) is 20.4. The number of rotatable bonds is 11. The molecular weight excluding hydrogens is 448 g/mol. The fraction of sp³-hybridized carbons (Fsp3) is 0.444. The molecule has 0 radical (unpaired) electrons. The Morgan fingerprint density at radius 1 is 1.06 bits per heavy atom. The van der Waals surface area contributed by atoms with Crippen LogP contribution in [0.25, 0.3) is 0 Å². The van der Waals surface area contributed by atoms with Gasteiger partial charge in [-0.2, -0.15) is 0 Å². The summed E-state index contributed by atoms with van der Waals surface area (Å²) >= 11 is 0. The van der Waals surface area contributed by atoms with E-state index in [-0.39, 0.29) is 30.2 Å². The topological polar surface area (TPSA) is 105 Å². The van der Waals surface area contributed by atoms with E-state index in [0.717, 1.165) is 31.6 Å². The molecule has 1 atom stereocenters. The van der Waals surface area contributed by atoms with E-state index in [1.807, 2.05) is 31.2 Å². The number of hydrogen-bond donors (Lipinski definition) is 2. The van der Waals surface area contributed by atoms with E-state index in [1.54, 1.807) is 19.1 Å². The van der Waals surface area contributed by atoms with Crippen molar-refractivity contribution in [2.75, 3.05) is 31.2 Å². The number of piperidine rings is 1. The number of esters is 1. The Morgan fingerprint density at radius 3 is 2.49 bits per heavy atom. The van der Waals surface area contributed by atoms with Crippen LogP contribution in [-0.4, -0.2) is 49.3 Å². The predicted molar refractivity (Wildman–Crippen MR) is 133 cm³/mol. The summed E-state index contributed by atoms with van der Waals surface area (Å²) in [6.45, 7) is 6.05. The van der Waals surface area contributed by atoms with Crippen molar-refractivity contribution in [1.82, 2.24) is 5.32 Å². The molecule has 0 bridgehead atoms. The summed E-state index contributed by atoms with van der Waals surface area (Å²) in [6.07, 6.45) is 3.99. The van der Waals surface area contributed by atoms with E-state index in [1.165, 1.54) is 12.5 Å². The number of amides is 1. The number of carboxylic acid groups (broad SMARTS) is 1. The van der Waals surface area contributed by atoms with E-state index in [2.05, 4.69) is 10.2 Å². The SMILES string of the molecule is CCCOC(=O)C(NC(=O)Cc1ccc(C(=O)O)c(OCC)c1)c1ccccc1N1CCCCC1. The summed E-state index contributed by atoms with van der Waals surface area (Å²) in [4.78, 5) is 39.8. The highest BCUT2D eigenvalue weighted by atomic mass is 16.5. The standard InChI is InChI=1S/C27H34N2O6/c1-3-16-35-27(33)25(20-10-6-7-11-22(20)29-14-8-5-9-15-29)28-24(30)18-19-12-13-21(26(31)32)23(17-19)34-4-2/h6-7,10-13,17,25H,3-5,8-9,14-16,18H2,1-2H3,(H,28,30)(H,31,32). The molecule has 1 saturated heterocycles. The molecule has 1 fully saturated rings. The Kier molecular flexibility index (Phi) is 9.52. The van der Waals surface area contributed by atoms with Gasteiger partial charge in [0.05, 0.1) is 19.6 Å². The Morgan fingerprint density at radius 2 is 1.80 bits per heavy atom. The highest BCUT2D eigenvalue weighted by Crippen LogP contribution is 2.30. The number of hydrogen-bond acceptors (Lipinski definition) is 6. The lowest BCUT2D eigenvalue weighted by molar-refractivity contribution is -0.148. The lowest BCUT2D eigenvalue weighted by Gasteiger charge is -2.32. The molecule has 1 aliphatic heterocycles. The molecule has 0 aromatic heterocycles. The lowest BCUT2D eigenvalue weighted by Crippen LogP contribution is -2.38. The minimum atomic E-state index is -1.10. The van der Waals surface area contributed by atoms with Crippen LogP contribution in [0.2, 0.25) is 0 Å². The minimum absolute atomic E-state index is 0.0347. The molecule has 1 heterocycles. The van der Waals surface area contributed by atoms with E-state index < -0.39 is 18.0 Å². The Hall–Kier alpha value is -3.55. The van der Waals surface area contributed by atoms with Gasteiger partial charge in [-0.15, -0.1) is 0 Å². The molecule has 2 N–H and O–H groups in total. The number of nitrogens with zero attached hydrogens (tertiary/aromatic N) is 1. The third-order valence-electron chi connectivity index (χ3n) is 5.87. The van der Waals surface area contributed by atoms with Gasteiger partial charge in [-0.25, -0.2) is 9.59 Å². The first kappa shape index (κ1) is 26.1. The normalized spacial score (nSPS) is 14.2. The summed E-state index contributed by atoms with van der Waals surface area (Å²) in [5, 5.41) is 12.2. The Bertz CT molecular complexity index is 1030. The number of carbonyl (C=O) groups excluding carboxylic acids is 2. The van der Waals surface area contributed by atoms with E-state index in [4.69, 9.17) is 9.47 Å². The van der Waals surface area contributed by atoms with E-state index in [9.17, 15) is 19.5 Å². The second-order valence-corrected chi connectivity index (χ2v) is 8.52. The number of carbonyl (C=O) groups is 3. The van der Waals surface area contributed by atoms with Crippen LogP contribution in [0.3, 0.4) is 0 Å². The van der Waals surface area contributed by atoms with Crippen molar-refractivity contribution in [3.8, 4) is 5.75 Å². The second kappa shape index (κ2) is 12.8. The molecule has 188 valence electrons. The number of benzene rings is 2. The molecule has 1 amide bonds. The summed E-state index contributed by atoms with van der Waals surface area (Å²) in [7, 11) is 0. The van der Waals surface area contributed by atoms with Crippen molar-refractivity contribution in [2.24, 2.45) is 0 Å². The first-order valence-corrected chi connectivity index (χ1v) is 12.2. The molecule has 0 saturated carbocycles. The summed E-state index contributed by atoms with van der Waals surface area (Å²) < 4.78 is 10.9. The van der Waals surface area contributed by atoms with Gasteiger partial charge in [-0.1, -0.05) is 31.2 Å². The average molecular weight is 483 g/mol. The maximum atomic E-state index is 13.1. The third-order valence-corrected chi connectivity index (χ3v) is 5.87. The number of anilines is 1. The number of aromatic carboxylic acids is 1. The fourth-order valence-electron chi connectivity index (χ4n) is 4.23. The van der Waals surface area contributed by atoms with Gasteiger partial charge in [0.2, 0.25) is 5.91 Å². The second-order valence-electron chi connectivity index (χ2n) is 8.52. The number of nitrogens with one attached hydrogen (secondary N) is 1. The molecule has 8 heteroatoms. The molecule has 1 unspecified atom stereocenters. The van der Waals surface area contributed by atoms with Crippen molar-refractivity contribution in [3.05, 3.63) is 59.2 Å². The first-order chi connectivity index (χ1) is 16.9. The van der Waals surface area contributed by atoms with Crippen LogP contribution in [-0.2, 0) is 20.7 Å². The van der Waals surface area contributed by atoms with Gasteiger partial charge in [0.15, 0.2) is 6.04 Å². The van der Waals surface area contributed by atoms with E-state index >= 15 is 0 Å². The monoisotopic (exact) mass is 482 g/mol. The molecule has 1 aliphatic rings. The van der Waals surface area contributed by atoms with Gasteiger partial charge < -0.3 is 24.8 Å². The molecule has 3 rings (SSSR count). The predicted octanol–water partition coefficient (Wildman–Crippen LogP) is 4.13. The highest BCUT2D eigenvalue weighted by Gasteiger charge is 2.28. The smallest absolute Gasteiger partial charge is 0.339 e. The zero-order valence-corrected chi connectivity index (χ0v) is 20.4. The van der Waals surface area contributed by atoms with Crippen LogP contribution in [0, 0.1) is 0 Å².